The molecule has 140 valence electrons. The van der Waals surface area contributed by atoms with Gasteiger partial charge in [-0.15, -0.1) is 0 Å². The van der Waals surface area contributed by atoms with Gasteiger partial charge in [-0.2, -0.15) is 0 Å². The van der Waals surface area contributed by atoms with Crippen LogP contribution in [0, 0.1) is 6.92 Å². The predicted octanol–water partition coefficient (Wildman–Crippen LogP) is 4.50. The third-order valence-electron chi connectivity index (χ3n) is 4.66. The second-order valence-electron chi connectivity index (χ2n) is 6.73. The summed E-state index contributed by atoms with van der Waals surface area (Å²) in [5.41, 5.74) is 2.74. The Morgan fingerprint density at radius 3 is 2.15 bits per heavy atom. The van der Waals surface area contributed by atoms with Gasteiger partial charge < -0.3 is 10.2 Å². The Morgan fingerprint density at radius 2 is 1.52 bits per heavy atom. The Bertz CT molecular complexity index is 838. The molecule has 2 aromatic rings. The third-order valence-corrected chi connectivity index (χ3v) is 5.51. The van der Waals surface area contributed by atoms with Crippen molar-refractivity contribution in [1.29, 1.82) is 0 Å². The number of aryl methyl sites for hydroxylation is 1. The highest BCUT2D eigenvalue weighted by molar-refractivity contribution is 9.15. The normalized spacial score (nSPS) is 15.1. The number of halogens is 1. The number of piperidine rings is 1. The molecule has 0 spiro atoms. The van der Waals surface area contributed by atoms with Gasteiger partial charge in [0.2, 0.25) is 0 Å². The van der Waals surface area contributed by atoms with E-state index in [1.54, 1.807) is 12.1 Å². The Hall–Kier alpha value is -2.40. The number of likely N-dealkylation sites (tertiary alicyclic amines) is 1. The summed E-state index contributed by atoms with van der Waals surface area (Å²) in [4.78, 5) is 27.7. The number of amides is 2. The molecule has 1 fully saturated rings. The fraction of sp³-hybridized carbons (Fsp3) is 0.273. The first kappa shape index (κ1) is 19.4. The summed E-state index contributed by atoms with van der Waals surface area (Å²) in [7, 11) is 0. The third kappa shape index (κ3) is 4.86. The zero-order valence-corrected chi connectivity index (χ0v) is 17.0. The standard InChI is InChI=1S/C22H23BrN2O2/c1-16-10-12-18(13-11-16)21(26)24-20(19(23)17-8-4-2-5-9-17)22(27)25-14-6-3-7-15-25/h2,4-5,8-13H,3,6-7,14-15H2,1H3,(H,24,26)/b20-19+. The SMILES string of the molecule is Cc1ccc(C(=O)N/C(C(=O)N2CCCCC2)=C(/Br)c2ccccc2)cc1. The molecule has 1 heterocycles. The van der Waals surface area contributed by atoms with Gasteiger partial charge in [0, 0.05) is 18.7 Å². The maximum absolute atomic E-state index is 13.2. The first-order chi connectivity index (χ1) is 13.1. The van der Waals surface area contributed by atoms with Crippen LogP contribution in [0.15, 0.2) is 60.3 Å². The molecule has 0 bridgehead atoms. The van der Waals surface area contributed by atoms with E-state index in [0.717, 1.165) is 43.5 Å². The van der Waals surface area contributed by atoms with Crippen LogP contribution in [0.5, 0.6) is 0 Å². The van der Waals surface area contributed by atoms with Gasteiger partial charge in [-0.3, -0.25) is 9.59 Å². The highest BCUT2D eigenvalue weighted by Crippen LogP contribution is 2.26. The molecular weight excluding hydrogens is 404 g/mol. The zero-order valence-electron chi connectivity index (χ0n) is 15.4. The minimum atomic E-state index is -0.289. The molecule has 0 atom stereocenters. The molecule has 0 radical (unpaired) electrons. The van der Waals surface area contributed by atoms with Crippen LogP contribution in [-0.4, -0.2) is 29.8 Å². The lowest BCUT2D eigenvalue weighted by atomic mass is 10.1. The van der Waals surface area contributed by atoms with Gasteiger partial charge in [0.25, 0.3) is 11.8 Å². The van der Waals surface area contributed by atoms with Gasteiger partial charge in [-0.25, -0.2) is 0 Å². The van der Waals surface area contributed by atoms with Crippen LogP contribution in [-0.2, 0) is 4.79 Å². The quantitative estimate of drug-likeness (QED) is 0.731. The minimum absolute atomic E-state index is 0.147. The second-order valence-corrected chi connectivity index (χ2v) is 7.52. The molecule has 1 aliphatic heterocycles. The summed E-state index contributed by atoms with van der Waals surface area (Å²) >= 11 is 3.55. The number of hydrogen-bond acceptors (Lipinski definition) is 2. The van der Waals surface area contributed by atoms with E-state index in [9.17, 15) is 9.59 Å². The van der Waals surface area contributed by atoms with Crippen molar-refractivity contribution in [1.82, 2.24) is 10.2 Å². The van der Waals surface area contributed by atoms with Crippen molar-refractivity contribution in [2.45, 2.75) is 26.2 Å². The number of hydrogen-bond donors (Lipinski definition) is 1. The van der Waals surface area contributed by atoms with E-state index in [4.69, 9.17) is 0 Å². The highest BCUT2D eigenvalue weighted by Gasteiger charge is 2.25. The highest BCUT2D eigenvalue weighted by atomic mass is 79.9. The molecule has 0 aromatic heterocycles. The Balaban J connectivity index is 1.93. The maximum Gasteiger partial charge on any atom is 0.271 e. The largest absolute Gasteiger partial charge is 0.337 e. The van der Waals surface area contributed by atoms with Crippen LogP contribution in [0.1, 0.15) is 40.7 Å². The van der Waals surface area contributed by atoms with Gasteiger partial charge in [0.1, 0.15) is 5.70 Å². The Labute approximate surface area is 168 Å². The molecule has 1 aliphatic rings. The van der Waals surface area contributed by atoms with E-state index >= 15 is 0 Å². The van der Waals surface area contributed by atoms with Gasteiger partial charge in [-0.05, 0) is 59.8 Å². The van der Waals surface area contributed by atoms with Crippen LogP contribution in [0.2, 0.25) is 0 Å². The first-order valence-electron chi connectivity index (χ1n) is 9.19. The predicted molar refractivity (Wildman–Crippen MR) is 111 cm³/mol. The van der Waals surface area contributed by atoms with Crippen molar-refractivity contribution >= 4 is 32.2 Å². The molecular formula is C22H23BrN2O2. The lowest BCUT2D eigenvalue weighted by Gasteiger charge is -2.28. The van der Waals surface area contributed by atoms with Gasteiger partial charge in [0.15, 0.2) is 0 Å². The number of carbonyl (C=O) groups excluding carboxylic acids is 2. The number of nitrogens with zero attached hydrogens (tertiary/aromatic N) is 1. The smallest absolute Gasteiger partial charge is 0.271 e. The number of carbonyl (C=O) groups is 2. The van der Waals surface area contributed by atoms with E-state index in [2.05, 4.69) is 21.2 Å². The van der Waals surface area contributed by atoms with Gasteiger partial charge in [-0.1, -0.05) is 48.0 Å². The molecule has 4 nitrogen and oxygen atoms in total. The Kier molecular flexibility index (Phi) is 6.45. The fourth-order valence-electron chi connectivity index (χ4n) is 3.08. The fourth-order valence-corrected chi connectivity index (χ4v) is 3.61. The Morgan fingerprint density at radius 1 is 0.889 bits per heavy atom. The van der Waals surface area contributed by atoms with Crippen molar-refractivity contribution in [3.05, 3.63) is 77.0 Å². The molecule has 1 N–H and O–H groups in total. The van der Waals surface area contributed by atoms with Crippen LogP contribution < -0.4 is 5.32 Å². The van der Waals surface area contributed by atoms with E-state index in [-0.39, 0.29) is 17.5 Å². The first-order valence-corrected chi connectivity index (χ1v) is 9.98. The van der Waals surface area contributed by atoms with Crippen molar-refractivity contribution in [3.8, 4) is 0 Å². The number of rotatable bonds is 4. The lowest BCUT2D eigenvalue weighted by Crippen LogP contribution is -2.41. The zero-order chi connectivity index (χ0) is 19.2. The summed E-state index contributed by atoms with van der Waals surface area (Å²) in [6.07, 6.45) is 3.13. The van der Waals surface area contributed by atoms with Gasteiger partial charge in [0.05, 0.1) is 4.48 Å². The summed E-state index contributed by atoms with van der Waals surface area (Å²) in [5.74, 6) is -0.436. The van der Waals surface area contributed by atoms with E-state index in [1.807, 2.05) is 54.3 Å². The van der Waals surface area contributed by atoms with Gasteiger partial charge >= 0.3 is 0 Å². The molecule has 3 rings (SSSR count). The number of nitrogens with one attached hydrogen (secondary N) is 1. The molecule has 0 unspecified atom stereocenters. The van der Waals surface area contributed by atoms with E-state index < -0.39 is 0 Å². The summed E-state index contributed by atoms with van der Waals surface area (Å²) < 4.78 is 0.596. The molecule has 1 saturated heterocycles. The van der Waals surface area contributed by atoms with Crippen molar-refractivity contribution in [3.63, 3.8) is 0 Å². The monoisotopic (exact) mass is 426 g/mol. The molecule has 2 aromatic carbocycles. The van der Waals surface area contributed by atoms with Crippen molar-refractivity contribution in [2.75, 3.05) is 13.1 Å². The van der Waals surface area contributed by atoms with Crippen LogP contribution >= 0.6 is 15.9 Å². The van der Waals surface area contributed by atoms with E-state index in [1.165, 1.54) is 0 Å². The second kappa shape index (κ2) is 9.00. The van der Waals surface area contributed by atoms with Crippen molar-refractivity contribution < 1.29 is 9.59 Å². The van der Waals surface area contributed by atoms with E-state index in [0.29, 0.717) is 10.0 Å². The molecule has 0 saturated carbocycles. The molecule has 0 aliphatic carbocycles. The lowest BCUT2D eigenvalue weighted by molar-refractivity contribution is -0.128. The average molecular weight is 427 g/mol. The summed E-state index contributed by atoms with van der Waals surface area (Å²) in [5, 5.41) is 2.85. The average Bonchev–Trinajstić information content (AvgIpc) is 2.72. The van der Waals surface area contributed by atoms with Crippen LogP contribution in [0.3, 0.4) is 0 Å². The minimum Gasteiger partial charge on any atom is -0.337 e. The van der Waals surface area contributed by atoms with Crippen molar-refractivity contribution in [2.24, 2.45) is 0 Å². The number of benzene rings is 2. The molecule has 5 heteroatoms. The maximum atomic E-state index is 13.2. The van der Waals surface area contributed by atoms with Crippen LogP contribution in [0.4, 0.5) is 0 Å². The van der Waals surface area contributed by atoms with Crippen LogP contribution in [0.25, 0.3) is 4.48 Å². The summed E-state index contributed by atoms with van der Waals surface area (Å²) in [6, 6.07) is 16.9. The molecule has 27 heavy (non-hydrogen) atoms. The summed E-state index contributed by atoms with van der Waals surface area (Å²) in [6.45, 7) is 3.41. The molecule has 2 amide bonds. The topological polar surface area (TPSA) is 49.4 Å².